The molecule has 0 aromatic carbocycles. The van der Waals surface area contributed by atoms with Crippen LogP contribution in [-0.4, -0.2) is 178 Å². The Morgan fingerprint density at radius 3 is 0.988 bits per heavy atom. The van der Waals surface area contributed by atoms with Gasteiger partial charge in [0, 0.05) is 70.2 Å². The van der Waals surface area contributed by atoms with Crippen LogP contribution in [-0.2, 0) is 61.8 Å². The third-order valence-electron chi connectivity index (χ3n) is 11.8. The van der Waals surface area contributed by atoms with Gasteiger partial charge in [-0.25, -0.2) is 0 Å². The number of unbranched alkanes of at least 4 members (excludes halogenated alkanes) is 5. The fourth-order valence-electron chi connectivity index (χ4n) is 6.77. The summed E-state index contributed by atoms with van der Waals surface area (Å²) < 4.78 is 51.3. The first-order chi connectivity index (χ1) is 39.3. The van der Waals surface area contributed by atoms with Crippen molar-refractivity contribution in [3.8, 4) is 0 Å². The summed E-state index contributed by atoms with van der Waals surface area (Å²) in [5.74, 6) is -0.480. The van der Waals surface area contributed by atoms with Crippen LogP contribution in [0.4, 0.5) is 0 Å². The maximum atomic E-state index is 12.7. The van der Waals surface area contributed by atoms with Crippen LogP contribution in [0.1, 0.15) is 111 Å². The highest BCUT2D eigenvalue weighted by molar-refractivity contribution is 5.94. The Hall–Kier alpha value is -4.76. The molecule has 0 aliphatic rings. The second-order valence-electron chi connectivity index (χ2n) is 20.6. The fourth-order valence-corrected chi connectivity index (χ4v) is 6.77. The summed E-state index contributed by atoms with van der Waals surface area (Å²) in [7, 11) is 0. The van der Waals surface area contributed by atoms with Crippen LogP contribution < -0.4 is 10.6 Å². The molecule has 0 rings (SSSR count). The number of aliphatic hydroxyl groups excluding tert-OH is 2. The summed E-state index contributed by atoms with van der Waals surface area (Å²) in [4.78, 5) is 47.9. The molecule has 0 aromatic heterocycles. The van der Waals surface area contributed by atoms with Crippen molar-refractivity contribution in [2.75, 3.05) is 139 Å². The average molecular weight is 1160 g/mol. The molecule has 0 aromatic rings. The zero-order valence-electron chi connectivity index (χ0n) is 51.3. The van der Waals surface area contributed by atoms with Gasteiger partial charge in [-0.2, -0.15) is 0 Å². The summed E-state index contributed by atoms with van der Waals surface area (Å²) in [6.07, 6.45) is 20.3. The summed E-state index contributed by atoms with van der Waals surface area (Å²) in [6, 6.07) is 0. The van der Waals surface area contributed by atoms with Crippen LogP contribution in [0.2, 0.25) is 0 Å². The van der Waals surface area contributed by atoms with E-state index in [0.717, 1.165) is 38.5 Å². The Labute approximate surface area is 495 Å². The van der Waals surface area contributed by atoms with Crippen LogP contribution >= 0.6 is 0 Å². The molecule has 17 nitrogen and oxygen atoms in total. The third-order valence-corrected chi connectivity index (χ3v) is 11.8. The number of allylic oxidation sites excluding steroid dienone is 5. The second kappa shape index (κ2) is 55.4. The highest BCUT2D eigenvalue weighted by Crippen LogP contribution is 2.21. The van der Waals surface area contributed by atoms with Gasteiger partial charge in [0.25, 0.3) is 0 Å². The van der Waals surface area contributed by atoms with Gasteiger partial charge in [0.2, 0.25) is 11.8 Å². The average Bonchev–Trinajstić information content (AvgIpc) is 3.51. The molecule has 0 aliphatic heterocycles. The van der Waals surface area contributed by atoms with E-state index in [-0.39, 0.29) is 56.4 Å². The number of hydrogen-bond acceptors (Lipinski definition) is 15. The topological polar surface area (TPSA) is 216 Å². The zero-order chi connectivity index (χ0) is 62.2. The fraction of sp³-hybridized carbons (Fsp3) is 0.631. The molecule has 0 atom stereocenters. The molecule has 470 valence electrons. The lowest BCUT2D eigenvalue weighted by Gasteiger charge is -2.34. The van der Waals surface area contributed by atoms with Crippen molar-refractivity contribution in [2.45, 2.75) is 117 Å². The van der Waals surface area contributed by atoms with Crippen molar-refractivity contribution in [3.05, 3.63) is 125 Å². The van der Waals surface area contributed by atoms with Gasteiger partial charge >= 0.3 is 0 Å². The predicted octanol–water partition coefficient (Wildman–Crippen LogP) is 9.67. The van der Waals surface area contributed by atoms with E-state index < -0.39 is 16.4 Å². The maximum absolute atomic E-state index is 12.7. The minimum Gasteiger partial charge on any atom is -0.396 e. The summed E-state index contributed by atoms with van der Waals surface area (Å²) in [5, 5.41) is 25.2. The third kappa shape index (κ3) is 46.7. The van der Waals surface area contributed by atoms with Crippen LogP contribution in [0, 0.1) is 10.8 Å². The van der Waals surface area contributed by atoms with Crippen LogP contribution in [0.15, 0.2) is 125 Å². The standard InChI is InChI=1S/C31H50N2O7.C20H36O4.C14H24O4/c1-23(2)27(34)14-9-11-17-38-20-31(33-30(37)26(7)8,21-39-18-12-10-15-28(35)24(3)4)22-40-19-13-16-32-29(36)25(5)6;1-4-7-10-13-22-17-20(16-21,18-23-14-11-8-5-2)19-24-15-12-9-6-3;1-4-7-16-11-14(10-15,12-17-8-5-2)13-18-9-6-3/h1,3,5,7,9-22H2,2,4,6,8H3,(H,32,36)(H,33,37);4-6,21H,1-3,7-19H2;4-6,15H,1-3,7-13H2. The Kier molecular flexibility index (Phi) is 55.1. The van der Waals surface area contributed by atoms with Gasteiger partial charge < -0.3 is 63.5 Å². The van der Waals surface area contributed by atoms with E-state index in [9.17, 15) is 29.4 Å². The molecule has 82 heavy (non-hydrogen) atoms. The monoisotopic (exact) mass is 1160 g/mol. The van der Waals surface area contributed by atoms with Crippen LogP contribution in [0.3, 0.4) is 0 Å². The van der Waals surface area contributed by atoms with E-state index in [0.29, 0.717) is 173 Å². The van der Waals surface area contributed by atoms with Crippen LogP contribution in [0.5, 0.6) is 0 Å². The number of Topliss-reactive ketones (excluding diaryl/α,β-unsaturated/α-hetero) is 2. The molecular formula is C65H110N2O15. The van der Waals surface area contributed by atoms with Gasteiger partial charge in [-0.3, -0.25) is 19.2 Å². The minimum absolute atomic E-state index is 0.0165. The molecule has 0 heterocycles. The van der Waals surface area contributed by atoms with E-state index in [1.165, 1.54) is 0 Å². The molecule has 0 spiro atoms. The number of amides is 2. The van der Waals surface area contributed by atoms with E-state index in [1.54, 1.807) is 45.9 Å². The largest absolute Gasteiger partial charge is 0.396 e. The first kappa shape index (κ1) is 81.5. The molecule has 0 aliphatic carbocycles. The predicted molar refractivity (Wildman–Crippen MR) is 331 cm³/mol. The summed E-state index contributed by atoms with van der Waals surface area (Å²) >= 11 is 0. The van der Waals surface area contributed by atoms with E-state index in [4.69, 9.17) is 42.6 Å². The number of aliphatic hydroxyl groups is 2. The van der Waals surface area contributed by atoms with Crippen molar-refractivity contribution in [2.24, 2.45) is 10.8 Å². The van der Waals surface area contributed by atoms with Gasteiger partial charge in [0.05, 0.1) is 103 Å². The first-order valence-corrected chi connectivity index (χ1v) is 28.7. The van der Waals surface area contributed by atoms with E-state index in [2.05, 4.69) is 76.4 Å². The van der Waals surface area contributed by atoms with Crippen molar-refractivity contribution < 1.29 is 72.0 Å². The van der Waals surface area contributed by atoms with Crippen LogP contribution in [0.25, 0.3) is 0 Å². The van der Waals surface area contributed by atoms with Crippen molar-refractivity contribution in [1.82, 2.24) is 10.6 Å². The van der Waals surface area contributed by atoms with E-state index in [1.807, 2.05) is 18.2 Å². The van der Waals surface area contributed by atoms with Crippen molar-refractivity contribution in [1.29, 1.82) is 0 Å². The Balaban J connectivity index is -0.00000126. The number of carbonyl (C=O) groups is 4. The Morgan fingerprint density at radius 2 is 0.695 bits per heavy atom. The number of carbonyl (C=O) groups excluding carboxylic acids is 4. The summed E-state index contributed by atoms with van der Waals surface area (Å²) in [5.41, 5.74) is -0.197. The van der Waals surface area contributed by atoms with Gasteiger partial charge in [-0.1, -0.05) is 62.8 Å². The molecule has 0 fully saturated rings. The Bertz CT molecular complexity index is 1650. The van der Waals surface area contributed by atoms with Crippen molar-refractivity contribution >= 4 is 23.4 Å². The lowest BCUT2D eigenvalue weighted by atomic mass is 9.92. The molecular weight excluding hydrogens is 1050 g/mol. The number of rotatable bonds is 57. The molecule has 0 saturated carbocycles. The molecule has 0 saturated heterocycles. The van der Waals surface area contributed by atoms with Crippen molar-refractivity contribution in [3.63, 3.8) is 0 Å². The number of ketones is 2. The van der Waals surface area contributed by atoms with E-state index >= 15 is 0 Å². The maximum Gasteiger partial charge on any atom is 0.246 e. The number of nitrogens with one attached hydrogen (secondary N) is 2. The van der Waals surface area contributed by atoms with Gasteiger partial charge in [-0.15, -0.1) is 39.5 Å². The van der Waals surface area contributed by atoms with Gasteiger partial charge in [0.15, 0.2) is 11.6 Å². The quantitative estimate of drug-likeness (QED) is 0.0253. The van der Waals surface area contributed by atoms with Gasteiger partial charge in [0.1, 0.15) is 5.54 Å². The highest BCUT2D eigenvalue weighted by atomic mass is 16.5. The summed E-state index contributed by atoms with van der Waals surface area (Å²) in [6.45, 7) is 50.6. The Morgan fingerprint density at radius 1 is 0.390 bits per heavy atom. The minimum atomic E-state index is -0.988. The molecule has 0 bridgehead atoms. The highest BCUT2D eigenvalue weighted by Gasteiger charge is 2.35. The first-order valence-electron chi connectivity index (χ1n) is 28.7. The zero-order valence-corrected chi connectivity index (χ0v) is 51.3. The molecule has 0 unspecified atom stereocenters. The van der Waals surface area contributed by atoms with Gasteiger partial charge in [-0.05, 0) is 109 Å². The molecule has 0 radical (unpaired) electrons. The SMILES string of the molecule is C=C(C)C(=O)CCCCOCC(COCCCCC(=O)C(=C)C)(COCCCNC(=O)C(=C)C)NC(=O)C(=C)C.C=CCCCOCC(CO)(COCCCC=C)COCCCC=C.C=CCOCC(CO)(COCC=C)COCC=C. The lowest BCUT2D eigenvalue weighted by molar-refractivity contribution is -0.124. The molecule has 4 N–H and O–H groups in total. The number of hydrogen-bond donors (Lipinski definition) is 4. The second-order valence-corrected chi connectivity index (χ2v) is 20.6. The smallest absolute Gasteiger partial charge is 0.246 e. The number of ether oxygens (including phenoxy) is 9. The lowest BCUT2D eigenvalue weighted by Crippen LogP contribution is -2.58. The normalized spacial score (nSPS) is 11.1. The molecule has 2 amide bonds. The molecule has 17 heteroatoms.